The molecular weight excluding hydrogens is 442 g/mol. The number of aliphatic imine (C=N–C) groups is 1. The molecule has 6 nitrogen and oxygen atoms in total. The van der Waals surface area contributed by atoms with Gasteiger partial charge in [0.1, 0.15) is 0 Å². The van der Waals surface area contributed by atoms with Crippen molar-refractivity contribution < 1.29 is 4.79 Å². The molecule has 178 valence electrons. The van der Waals surface area contributed by atoms with Gasteiger partial charge in [-0.1, -0.05) is 67.6 Å². The molecule has 34 heavy (non-hydrogen) atoms. The lowest BCUT2D eigenvalue weighted by molar-refractivity contribution is -0.119. The zero-order valence-electron chi connectivity index (χ0n) is 20.8. The van der Waals surface area contributed by atoms with Gasteiger partial charge in [0.05, 0.1) is 12.0 Å². The minimum atomic E-state index is -0.397. The van der Waals surface area contributed by atoms with E-state index in [2.05, 4.69) is 57.3 Å². The van der Waals surface area contributed by atoms with Gasteiger partial charge in [-0.15, -0.1) is 5.10 Å². The molecule has 0 saturated carbocycles. The summed E-state index contributed by atoms with van der Waals surface area (Å²) < 4.78 is 1.87. The maximum atomic E-state index is 13.5. The van der Waals surface area contributed by atoms with Gasteiger partial charge in [0.15, 0.2) is 0 Å². The summed E-state index contributed by atoms with van der Waals surface area (Å²) in [7, 11) is 0. The van der Waals surface area contributed by atoms with E-state index in [1.807, 2.05) is 36.7 Å². The number of anilines is 1. The number of aromatic nitrogens is 3. The molecule has 0 spiro atoms. The van der Waals surface area contributed by atoms with Crippen LogP contribution in [0.25, 0.3) is 0 Å². The number of hydrogen-bond acceptors (Lipinski definition) is 5. The van der Waals surface area contributed by atoms with Crippen molar-refractivity contribution in [2.24, 2.45) is 16.8 Å². The first-order valence-corrected chi connectivity index (χ1v) is 12.8. The highest BCUT2D eigenvalue weighted by Gasteiger charge is 2.38. The summed E-state index contributed by atoms with van der Waals surface area (Å²) in [5.41, 5.74) is 6.37. The average molecular weight is 476 g/mol. The molecule has 1 aliphatic heterocycles. The lowest BCUT2D eigenvalue weighted by atomic mass is 9.87. The smallest absolute Gasteiger partial charge is 0.249 e. The Morgan fingerprint density at radius 3 is 2.56 bits per heavy atom. The Bertz CT molecular complexity index is 1230. The molecule has 0 aliphatic carbocycles. The van der Waals surface area contributed by atoms with Crippen molar-refractivity contribution >= 4 is 35.0 Å². The Morgan fingerprint density at radius 1 is 1.09 bits per heavy atom. The molecule has 1 N–H and O–H groups in total. The van der Waals surface area contributed by atoms with Crippen molar-refractivity contribution in [2.45, 2.75) is 64.9 Å². The van der Waals surface area contributed by atoms with Crippen LogP contribution < -0.4 is 5.32 Å². The Labute approximate surface area is 206 Å². The van der Waals surface area contributed by atoms with E-state index in [1.165, 1.54) is 16.7 Å². The molecule has 1 aliphatic rings. The summed E-state index contributed by atoms with van der Waals surface area (Å²) in [6.45, 7) is 12.5. The summed E-state index contributed by atoms with van der Waals surface area (Å²) >= 11 is 1.61. The first-order chi connectivity index (χ1) is 16.2. The van der Waals surface area contributed by atoms with E-state index in [-0.39, 0.29) is 11.9 Å². The van der Waals surface area contributed by atoms with Gasteiger partial charge in [-0.2, -0.15) is 4.98 Å². The molecule has 3 aromatic rings. The van der Waals surface area contributed by atoms with Crippen LogP contribution in [0.15, 0.2) is 52.6 Å². The number of benzene rings is 2. The first-order valence-electron chi connectivity index (χ1n) is 11.8. The van der Waals surface area contributed by atoms with Crippen LogP contribution in [0.4, 0.5) is 11.6 Å². The second kappa shape index (κ2) is 10.1. The predicted octanol–water partition coefficient (Wildman–Crippen LogP) is 6.44. The highest BCUT2D eigenvalue weighted by molar-refractivity contribution is 7.98. The lowest BCUT2D eigenvalue weighted by Crippen LogP contribution is -2.39. The maximum Gasteiger partial charge on any atom is 0.249 e. The van der Waals surface area contributed by atoms with Crippen LogP contribution in [0, 0.1) is 32.6 Å². The van der Waals surface area contributed by atoms with Crippen LogP contribution >= 0.6 is 11.8 Å². The van der Waals surface area contributed by atoms with Crippen LogP contribution in [0.2, 0.25) is 0 Å². The fourth-order valence-electron chi connectivity index (χ4n) is 4.46. The van der Waals surface area contributed by atoms with Crippen LogP contribution in [0.1, 0.15) is 55.5 Å². The summed E-state index contributed by atoms with van der Waals surface area (Å²) in [6, 6.07) is 14.3. The number of carbonyl (C=O) groups excluding carboxylic acids is 1. The Balaban J connectivity index is 1.59. The first kappa shape index (κ1) is 24.2. The van der Waals surface area contributed by atoms with Crippen molar-refractivity contribution in [1.29, 1.82) is 0 Å². The highest BCUT2D eigenvalue weighted by Crippen LogP contribution is 2.37. The molecule has 2 aromatic carbocycles. The summed E-state index contributed by atoms with van der Waals surface area (Å²) in [5, 5.41) is 8.65. The van der Waals surface area contributed by atoms with Gasteiger partial charge in [0.25, 0.3) is 0 Å². The Morgan fingerprint density at radius 2 is 1.85 bits per heavy atom. The number of rotatable bonds is 7. The third-order valence-corrected chi connectivity index (χ3v) is 7.16. The minimum absolute atomic E-state index is 0.0471. The number of amides is 1. The van der Waals surface area contributed by atoms with Gasteiger partial charge < -0.3 is 5.32 Å². The van der Waals surface area contributed by atoms with Crippen LogP contribution in [-0.2, 0) is 10.5 Å². The Hall–Kier alpha value is -2.93. The molecule has 2 atom stereocenters. The predicted molar refractivity (Wildman–Crippen MR) is 140 cm³/mol. The Kier molecular flexibility index (Phi) is 7.22. The summed E-state index contributed by atoms with van der Waals surface area (Å²) in [4.78, 5) is 22.9. The monoisotopic (exact) mass is 475 g/mol. The fraction of sp³-hybridized carbons (Fsp3) is 0.407. The molecular formula is C27H33N5OS. The van der Waals surface area contributed by atoms with E-state index in [9.17, 15) is 4.79 Å². The van der Waals surface area contributed by atoms with Gasteiger partial charge in [-0.3, -0.25) is 4.79 Å². The molecule has 2 heterocycles. The minimum Gasteiger partial charge on any atom is -0.325 e. The second-order valence-corrected chi connectivity index (χ2v) is 10.5. The number of nitrogens with one attached hydrogen (secondary N) is 1. The third-order valence-electron chi connectivity index (χ3n) is 6.27. The number of hydrogen-bond donors (Lipinski definition) is 1. The van der Waals surface area contributed by atoms with Gasteiger partial charge in [0, 0.05) is 17.2 Å². The van der Waals surface area contributed by atoms with Crippen molar-refractivity contribution in [3.63, 3.8) is 0 Å². The van der Waals surface area contributed by atoms with Crippen LogP contribution in [0.3, 0.4) is 0 Å². The normalized spacial score (nSPS) is 17.4. The highest BCUT2D eigenvalue weighted by atomic mass is 32.2. The maximum absolute atomic E-state index is 13.5. The summed E-state index contributed by atoms with van der Waals surface area (Å²) in [6.07, 6.45) is 0.816. The van der Waals surface area contributed by atoms with Crippen LogP contribution in [0.5, 0.6) is 0 Å². The van der Waals surface area contributed by atoms with E-state index in [4.69, 9.17) is 15.1 Å². The quantitative estimate of drug-likeness (QED) is 0.399. The number of thioether (sulfide) groups is 1. The molecule has 1 amide bonds. The average Bonchev–Trinajstić information content (AvgIpc) is 3.17. The van der Waals surface area contributed by atoms with E-state index in [0.717, 1.165) is 29.1 Å². The second-order valence-electron chi connectivity index (χ2n) is 9.59. The fourth-order valence-corrected chi connectivity index (χ4v) is 5.37. The summed E-state index contributed by atoms with van der Waals surface area (Å²) in [5.74, 6) is 1.34. The van der Waals surface area contributed by atoms with E-state index in [0.29, 0.717) is 17.0 Å². The largest absolute Gasteiger partial charge is 0.325 e. The number of fused-ring (bicyclic) bond motifs is 1. The topological polar surface area (TPSA) is 72.2 Å². The zero-order chi connectivity index (χ0) is 24.4. The van der Waals surface area contributed by atoms with E-state index < -0.39 is 5.92 Å². The van der Waals surface area contributed by atoms with Crippen molar-refractivity contribution in [1.82, 2.24) is 14.8 Å². The van der Waals surface area contributed by atoms with Gasteiger partial charge in [-0.05, 0) is 62.8 Å². The van der Waals surface area contributed by atoms with Gasteiger partial charge in [0.2, 0.25) is 17.0 Å². The molecule has 4 rings (SSSR count). The molecule has 0 saturated heterocycles. The molecule has 0 radical (unpaired) electrons. The molecule has 1 aromatic heterocycles. The van der Waals surface area contributed by atoms with Gasteiger partial charge >= 0.3 is 0 Å². The molecule has 7 heteroatoms. The van der Waals surface area contributed by atoms with Crippen molar-refractivity contribution in [3.8, 4) is 0 Å². The number of carbonyl (C=O) groups is 1. The zero-order valence-corrected chi connectivity index (χ0v) is 21.6. The van der Waals surface area contributed by atoms with Crippen molar-refractivity contribution in [2.75, 3.05) is 5.32 Å². The number of aryl methyl sites for hydroxylation is 3. The van der Waals surface area contributed by atoms with E-state index >= 15 is 0 Å². The van der Waals surface area contributed by atoms with Crippen LogP contribution in [-0.4, -0.2) is 26.4 Å². The molecule has 0 bridgehead atoms. The third kappa shape index (κ3) is 5.25. The molecule has 0 fully saturated rings. The number of nitrogens with zero attached hydrogens (tertiary/aromatic N) is 4. The SMILES string of the molecule is CC1=Nc2nc(SCc3ccccc3C)nn2C(CC(C)C)C1C(=O)Nc1ccc(C)cc1C. The lowest BCUT2D eigenvalue weighted by Gasteiger charge is -2.31. The molecule has 2 unspecified atom stereocenters. The van der Waals surface area contributed by atoms with E-state index in [1.54, 1.807) is 11.8 Å². The van der Waals surface area contributed by atoms with Gasteiger partial charge in [-0.25, -0.2) is 9.67 Å². The van der Waals surface area contributed by atoms with Crippen molar-refractivity contribution in [3.05, 3.63) is 64.7 Å². The standard InChI is InChI=1S/C27H33N5OS/c1-16(2)13-23-24(25(33)29-22-12-11-17(3)14-19(22)5)20(6)28-26-30-27(31-32(23)26)34-15-21-10-8-7-9-18(21)4/h7-12,14,16,23-24H,13,15H2,1-6H3,(H,29,33).